The summed E-state index contributed by atoms with van der Waals surface area (Å²) < 4.78 is 41.9. The summed E-state index contributed by atoms with van der Waals surface area (Å²) in [5.41, 5.74) is 6.71. The van der Waals surface area contributed by atoms with Gasteiger partial charge in [0.25, 0.3) is 11.8 Å². The smallest absolute Gasteiger partial charge is 0.362 e. The molecule has 6 N–H and O–H groups in total. The number of allylic oxidation sites excluding steroid dienone is 1. The summed E-state index contributed by atoms with van der Waals surface area (Å²) in [5, 5.41) is 2.79. The van der Waals surface area contributed by atoms with Gasteiger partial charge in [-0.05, 0) is 36.8 Å². The first kappa shape index (κ1) is 33.8. The van der Waals surface area contributed by atoms with E-state index in [1.165, 1.54) is 11.9 Å². The molecule has 0 aromatic heterocycles. The van der Waals surface area contributed by atoms with E-state index in [1.54, 1.807) is 29.0 Å². The van der Waals surface area contributed by atoms with Crippen molar-refractivity contribution in [3.05, 3.63) is 70.0 Å². The summed E-state index contributed by atoms with van der Waals surface area (Å²) in [5.74, 6) is 4.48. The lowest BCUT2D eigenvalue weighted by Gasteiger charge is -2.38. The highest BCUT2D eigenvalue weighted by molar-refractivity contribution is 7.99. The highest BCUT2D eigenvalue weighted by atomic mass is 35.5. The van der Waals surface area contributed by atoms with Crippen LogP contribution in [-0.2, 0) is 15.8 Å². The number of hydrogen-bond acceptors (Lipinski definition) is 9. The number of para-hydroxylation sites is 1. The second kappa shape index (κ2) is 15.2. The predicted octanol–water partition coefficient (Wildman–Crippen LogP) is 3.49. The molecule has 11 nitrogen and oxygen atoms in total. The van der Waals surface area contributed by atoms with Gasteiger partial charge >= 0.3 is 6.18 Å². The number of amides is 3. The van der Waals surface area contributed by atoms with Gasteiger partial charge in [-0.25, -0.2) is 11.3 Å². The topological polar surface area (TPSA) is 135 Å². The zero-order valence-electron chi connectivity index (χ0n) is 23.8. The molecule has 3 amide bonds. The molecule has 2 aromatic carbocycles. The van der Waals surface area contributed by atoms with E-state index in [0.717, 1.165) is 17.1 Å². The number of benzene rings is 2. The highest BCUT2D eigenvalue weighted by Gasteiger charge is 2.32. The molecule has 16 heteroatoms. The zero-order valence-corrected chi connectivity index (χ0v) is 25.4. The van der Waals surface area contributed by atoms with Crippen molar-refractivity contribution in [2.75, 3.05) is 56.1 Å². The van der Waals surface area contributed by atoms with Gasteiger partial charge in [-0.1, -0.05) is 42.6 Å². The van der Waals surface area contributed by atoms with Gasteiger partial charge in [0.2, 0.25) is 5.91 Å². The molecule has 1 saturated heterocycles. The molecule has 1 aliphatic heterocycles. The lowest BCUT2D eigenvalue weighted by molar-refractivity contribution is -0.137. The van der Waals surface area contributed by atoms with Crippen LogP contribution in [0, 0.1) is 0 Å². The Morgan fingerprint density at radius 2 is 1.70 bits per heavy atom. The maximum Gasteiger partial charge on any atom is 0.416 e. The summed E-state index contributed by atoms with van der Waals surface area (Å²) in [6, 6.07) is 9.73. The van der Waals surface area contributed by atoms with Gasteiger partial charge < -0.3 is 25.3 Å². The van der Waals surface area contributed by atoms with Crippen molar-refractivity contribution >= 4 is 52.6 Å². The first-order valence-corrected chi connectivity index (χ1v) is 14.8. The molecule has 1 fully saturated rings. The molecule has 0 radical (unpaired) electrons. The molecular formula is C27H34ClF3N8O3S. The minimum Gasteiger partial charge on any atom is -0.362 e. The summed E-state index contributed by atoms with van der Waals surface area (Å²) in [4.78, 5) is 43.1. The van der Waals surface area contributed by atoms with Crippen LogP contribution in [0.2, 0.25) is 5.02 Å². The van der Waals surface area contributed by atoms with Crippen molar-refractivity contribution in [1.82, 2.24) is 25.7 Å². The number of hydrazine groups is 2. The Bertz CT molecular complexity index is 1350. The van der Waals surface area contributed by atoms with Crippen LogP contribution >= 0.6 is 23.5 Å². The number of piperazine rings is 1. The third kappa shape index (κ3) is 8.69. The monoisotopic (exact) mass is 642 g/mol. The average molecular weight is 643 g/mol. The summed E-state index contributed by atoms with van der Waals surface area (Å²) in [6.07, 6.45) is -2.32. The summed E-state index contributed by atoms with van der Waals surface area (Å²) in [7, 11) is 1.63. The number of hydrogen-bond donors (Lipinski definition) is 5. The predicted molar refractivity (Wildman–Crippen MR) is 162 cm³/mol. The average Bonchev–Trinajstić information content (AvgIpc) is 2.97. The normalized spacial score (nSPS) is 14.1. The fourth-order valence-electron chi connectivity index (χ4n) is 4.44. The molecule has 0 saturated carbocycles. The number of nitrogens with one attached hydrogen (secondary N) is 4. The van der Waals surface area contributed by atoms with Gasteiger partial charge in [0.1, 0.15) is 12.2 Å². The molecule has 1 aliphatic rings. The molecule has 0 atom stereocenters. The summed E-state index contributed by atoms with van der Waals surface area (Å²) >= 11 is 7.32. The van der Waals surface area contributed by atoms with E-state index in [0.29, 0.717) is 55.6 Å². The Labute approximate surface area is 257 Å². The van der Waals surface area contributed by atoms with Crippen molar-refractivity contribution < 1.29 is 27.6 Å². The highest BCUT2D eigenvalue weighted by Crippen LogP contribution is 2.33. The lowest BCUT2D eigenvalue weighted by atomic mass is 10.1. The van der Waals surface area contributed by atoms with Crippen LogP contribution < -0.4 is 26.7 Å². The van der Waals surface area contributed by atoms with Crippen LogP contribution in [-0.4, -0.2) is 78.6 Å². The molecular weight excluding hydrogens is 609 g/mol. The molecule has 1 heterocycles. The molecule has 0 aliphatic carbocycles. The van der Waals surface area contributed by atoms with Crippen molar-refractivity contribution in [2.45, 2.75) is 19.5 Å². The molecule has 0 bridgehead atoms. The second-order valence-corrected chi connectivity index (χ2v) is 10.4. The van der Waals surface area contributed by atoms with Crippen molar-refractivity contribution in [3.8, 4) is 0 Å². The Kier molecular flexibility index (Phi) is 11.9. The van der Waals surface area contributed by atoms with Crippen molar-refractivity contribution in [1.29, 1.82) is 0 Å². The number of rotatable bonds is 11. The molecule has 234 valence electrons. The van der Waals surface area contributed by atoms with Gasteiger partial charge in [0, 0.05) is 39.5 Å². The molecule has 43 heavy (non-hydrogen) atoms. The number of anilines is 2. The van der Waals surface area contributed by atoms with E-state index in [1.807, 2.05) is 25.3 Å². The quantitative estimate of drug-likeness (QED) is 0.0821. The largest absolute Gasteiger partial charge is 0.416 e. The lowest BCUT2D eigenvalue weighted by Crippen LogP contribution is -2.53. The maximum atomic E-state index is 13.6. The third-order valence-corrected chi connectivity index (χ3v) is 7.25. The Balaban J connectivity index is 1.72. The number of halogens is 4. The second-order valence-electron chi connectivity index (χ2n) is 9.36. The zero-order chi connectivity index (χ0) is 31.7. The van der Waals surface area contributed by atoms with E-state index in [-0.39, 0.29) is 22.3 Å². The van der Waals surface area contributed by atoms with Crippen LogP contribution in [0.4, 0.5) is 24.5 Å². The minimum atomic E-state index is -4.59. The molecule has 2 aromatic rings. The van der Waals surface area contributed by atoms with E-state index in [2.05, 4.69) is 20.9 Å². The number of alkyl halides is 3. The Morgan fingerprint density at radius 3 is 2.28 bits per heavy atom. The fourth-order valence-corrected chi connectivity index (χ4v) is 5.06. The third-order valence-electron chi connectivity index (χ3n) is 6.52. The maximum absolute atomic E-state index is 13.6. The minimum absolute atomic E-state index is 0.0579. The van der Waals surface area contributed by atoms with Crippen molar-refractivity contribution in [3.63, 3.8) is 0 Å². The standard InChI is InChI=1S/C27H34ClF3N8O3S/c1-4-20(35-33-2)24(37-11-13-38(14-12-37)25(41)18-7-5-6-8-21(18)36-43-3)26(42)39(32)16-23(40)34-22-10-9-17(15-19(22)28)27(29,30)31/h5-10,15,33,35-36H,4,11-14,16,32H2,1-3H3,(H,34,40)/b24-20+. The number of nitrogens with zero attached hydrogens (tertiary/aromatic N) is 3. The van der Waals surface area contributed by atoms with E-state index >= 15 is 0 Å². The van der Waals surface area contributed by atoms with Crippen LogP contribution in [0.25, 0.3) is 0 Å². The van der Waals surface area contributed by atoms with E-state index in [9.17, 15) is 27.6 Å². The Hall–Kier alpha value is -3.66. The van der Waals surface area contributed by atoms with E-state index < -0.39 is 30.1 Å². The Morgan fingerprint density at radius 1 is 1.05 bits per heavy atom. The van der Waals surface area contributed by atoms with Gasteiger partial charge in [0.05, 0.1) is 33.2 Å². The fraction of sp³-hybridized carbons (Fsp3) is 0.370. The SMILES string of the molecule is CC/C(NNC)=C(/C(=O)N(N)CC(=O)Nc1ccc(C(F)(F)F)cc1Cl)N1CCN(C(=O)c2ccccc2NSC)CC1. The van der Waals surface area contributed by atoms with Gasteiger partial charge in [-0.2, -0.15) is 13.2 Å². The first-order valence-electron chi connectivity index (χ1n) is 13.2. The number of carbonyl (C=O) groups is 3. The van der Waals surface area contributed by atoms with Crippen LogP contribution in [0.15, 0.2) is 53.9 Å². The van der Waals surface area contributed by atoms with Crippen LogP contribution in [0.5, 0.6) is 0 Å². The molecule has 3 rings (SSSR count). The van der Waals surface area contributed by atoms with Crippen molar-refractivity contribution in [2.24, 2.45) is 5.84 Å². The van der Waals surface area contributed by atoms with Crippen LogP contribution in [0.1, 0.15) is 29.3 Å². The van der Waals surface area contributed by atoms with Gasteiger partial charge in [0.15, 0.2) is 0 Å². The van der Waals surface area contributed by atoms with Gasteiger partial charge in [-0.15, -0.1) is 0 Å². The number of carbonyl (C=O) groups excluding carboxylic acids is 3. The molecule has 0 spiro atoms. The van der Waals surface area contributed by atoms with Crippen LogP contribution in [0.3, 0.4) is 0 Å². The first-order chi connectivity index (χ1) is 20.4. The van der Waals surface area contributed by atoms with E-state index in [4.69, 9.17) is 17.4 Å². The number of nitrogens with two attached hydrogens (primary N) is 1. The van der Waals surface area contributed by atoms with Gasteiger partial charge in [-0.3, -0.25) is 19.4 Å². The molecule has 0 unspecified atom stereocenters. The summed E-state index contributed by atoms with van der Waals surface area (Å²) in [6.45, 7) is 2.53.